The second-order valence-corrected chi connectivity index (χ2v) is 7.45. The predicted molar refractivity (Wildman–Crippen MR) is 114 cm³/mol. The number of hydrazone groups is 1. The third-order valence-corrected chi connectivity index (χ3v) is 5.44. The largest absolute Gasteiger partial charge is 0.351 e. The number of anilines is 1. The van der Waals surface area contributed by atoms with E-state index >= 15 is 0 Å². The molecule has 0 bridgehead atoms. The van der Waals surface area contributed by atoms with Gasteiger partial charge in [-0.15, -0.1) is 0 Å². The number of hydrogen-bond acceptors (Lipinski definition) is 4. The zero-order chi connectivity index (χ0) is 20.1. The van der Waals surface area contributed by atoms with Crippen LogP contribution in [0.15, 0.2) is 65.8 Å². The van der Waals surface area contributed by atoms with Gasteiger partial charge >= 0.3 is 0 Å². The van der Waals surface area contributed by atoms with Crippen LogP contribution in [0, 0.1) is 0 Å². The summed E-state index contributed by atoms with van der Waals surface area (Å²) in [6.07, 6.45) is 2.92. The van der Waals surface area contributed by atoms with E-state index in [9.17, 15) is 9.59 Å². The highest BCUT2D eigenvalue weighted by atomic mass is 16.2. The third-order valence-electron chi connectivity index (χ3n) is 5.44. The molecule has 150 valence electrons. The van der Waals surface area contributed by atoms with Crippen molar-refractivity contribution in [3.05, 3.63) is 66.2 Å². The normalized spacial score (nSPS) is 18.8. The van der Waals surface area contributed by atoms with Crippen LogP contribution in [-0.4, -0.2) is 42.1 Å². The Kier molecular flexibility index (Phi) is 5.89. The first kappa shape index (κ1) is 19.2. The summed E-state index contributed by atoms with van der Waals surface area (Å²) in [5.41, 5.74) is 2.65. The van der Waals surface area contributed by atoms with Crippen molar-refractivity contribution < 1.29 is 9.59 Å². The van der Waals surface area contributed by atoms with Crippen molar-refractivity contribution in [2.75, 3.05) is 24.6 Å². The van der Waals surface area contributed by atoms with E-state index in [1.165, 1.54) is 0 Å². The Labute approximate surface area is 171 Å². The maximum Gasteiger partial charge on any atom is 0.267 e. The molecule has 2 aliphatic rings. The van der Waals surface area contributed by atoms with Crippen LogP contribution in [-0.2, 0) is 9.59 Å². The van der Waals surface area contributed by atoms with Crippen molar-refractivity contribution in [3.63, 3.8) is 0 Å². The number of benzene rings is 2. The van der Waals surface area contributed by atoms with Crippen LogP contribution >= 0.6 is 0 Å². The molecule has 29 heavy (non-hydrogen) atoms. The molecular weight excluding hydrogens is 364 g/mol. The molecule has 0 spiro atoms. The minimum atomic E-state index is -0.128. The van der Waals surface area contributed by atoms with Gasteiger partial charge in [-0.25, -0.2) is 0 Å². The number of nitrogens with zero attached hydrogens (tertiary/aromatic N) is 3. The molecule has 2 amide bonds. The lowest BCUT2D eigenvalue weighted by Crippen LogP contribution is -2.34. The standard InChI is InChI=1S/C23H26N4O2/c28-22-13-7-15-26(22)16-8-14-24-23(29)20-17-21(18-9-3-1-4-10-18)27(25-20)19-11-5-2-6-12-19/h1-6,9-12,21H,7-8,13-17H2,(H,24,29). The first-order valence-electron chi connectivity index (χ1n) is 10.2. The summed E-state index contributed by atoms with van der Waals surface area (Å²) < 4.78 is 0. The Bertz CT molecular complexity index is 882. The van der Waals surface area contributed by atoms with E-state index in [0.29, 0.717) is 31.6 Å². The summed E-state index contributed by atoms with van der Waals surface area (Å²) >= 11 is 0. The Hall–Kier alpha value is -3.15. The first-order valence-corrected chi connectivity index (χ1v) is 10.2. The van der Waals surface area contributed by atoms with Crippen LogP contribution in [0.5, 0.6) is 0 Å². The first-order chi connectivity index (χ1) is 14.2. The maximum absolute atomic E-state index is 12.7. The number of amides is 2. The van der Waals surface area contributed by atoms with Crippen molar-refractivity contribution in [3.8, 4) is 0 Å². The smallest absolute Gasteiger partial charge is 0.267 e. The number of rotatable bonds is 7. The highest BCUT2D eigenvalue weighted by Gasteiger charge is 2.32. The minimum absolute atomic E-state index is 0.00146. The molecule has 1 N–H and O–H groups in total. The van der Waals surface area contributed by atoms with Crippen molar-refractivity contribution in [1.82, 2.24) is 10.2 Å². The van der Waals surface area contributed by atoms with Gasteiger partial charge < -0.3 is 10.2 Å². The van der Waals surface area contributed by atoms with E-state index in [1.54, 1.807) is 0 Å². The molecular formula is C23H26N4O2. The molecule has 4 rings (SSSR count). The Morgan fingerprint density at radius 2 is 1.79 bits per heavy atom. The van der Waals surface area contributed by atoms with Crippen LogP contribution < -0.4 is 10.3 Å². The monoisotopic (exact) mass is 390 g/mol. The van der Waals surface area contributed by atoms with Crippen molar-refractivity contribution in [1.29, 1.82) is 0 Å². The topological polar surface area (TPSA) is 65.0 Å². The van der Waals surface area contributed by atoms with E-state index in [-0.39, 0.29) is 17.9 Å². The Morgan fingerprint density at radius 3 is 2.48 bits per heavy atom. The molecule has 2 aromatic carbocycles. The van der Waals surface area contributed by atoms with Crippen LogP contribution in [0.25, 0.3) is 0 Å². The number of para-hydroxylation sites is 1. The second kappa shape index (κ2) is 8.90. The van der Waals surface area contributed by atoms with Gasteiger partial charge in [0.2, 0.25) is 5.91 Å². The van der Waals surface area contributed by atoms with Gasteiger partial charge in [-0.3, -0.25) is 14.6 Å². The molecule has 1 fully saturated rings. The molecule has 1 unspecified atom stereocenters. The van der Waals surface area contributed by atoms with E-state index < -0.39 is 0 Å². The van der Waals surface area contributed by atoms with Gasteiger partial charge in [0.1, 0.15) is 5.71 Å². The van der Waals surface area contributed by atoms with Gasteiger partial charge in [-0.1, -0.05) is 48.5 Å². The SMILES string of the molecule is O=C(NCCCN1CCCC1=O)C1=NN(c2ccccc2)C(c2ccccc2)C1. The van der Waals surface area contributed by atoms with Gasteiger partial charge in [-0.05, 0) is 30.5 Å². The van der Waals surface area contributed by atoms with Crippen LogP contribution in [0.4, 0.5) is 5.69 Å². The zero-order valence-corrected chi connectivity index (χ0v) is 16.5. The number of nitrogens with one attached hydrogen (secondary N) is 1. The maximum atomic E-state index is 12.7. The fraction of sp³-hybridized carbons (Fsp3) is 0.348. The molecule has 0 aliphatic carbocycles. The molecule has 0 radical (unpaired) electrons. The van der Waals surface area contributed by atoms with Crippen molar-refractivity contribution in [2.45, 2.75) is 31.7 Å². The van der Waals surface area contributed by atoms with Gasteiger partial charge in [0, 0.05) is 32.5 Å². The number of likely N-dealkylation sites (tertiary alicyclic amines) is 1. The number of carbonyl (C=O) groups is 2. The van der Waals surface area contributed by atoms with Crippen LogP contribution in [0.1, 0.15) is 37.3 Å². The zero-order valence-electron chi connectivity index (χ0n) is 16.5. The van der Waals surface area contributed by atoms with E-state index in [2.05, 4.69) is 22.6 Å². The summed E-state index contributed by atoms with van der Waals surface area (Å²) in [5, 5.41) is 9.57. The molecule has 6 heteroatoms. The Morgan fingerprint density at radius 1 is 1.07 bits per heavy atom. The molecule has 6 nitrogen and oxygen atoms in total. The summed E-state index contributed by atoms with van der Waals surface area (Å²) in [5.74, 6) is 0.0952. The molecule has 2 aliphatic heterocycles. The molecule has 1 atom stereocenters. The van der Waals surface area contributed by atoms with E-state index in [1.807, 2.05) is 58.4 Å². The fourth-order valence-electron chi connectivity index (χ4n) is 3.92. The number of hydrogen-bond donors (Lipinski definition) is 1. The van der Waals surface area contributed by atoms with E-state index in [4.69, 9.17) is 0 Å². The molecule has 2 aromatic rings. The van der Waals surface area contributed by atoms with Gasteiger partial charge in [0.25, 0.3) is 5.91 Å². The van der Waals surface area contributed by atoms with Gasteiger partial charge in [0.15, 0.2) is 0 Å². The summed E-state index contributed by atoms with van der Waals surface area (Å²) in [6.45, 7) is 2.08. The minimum Gasteiger partial charge on any atom is -0.351 e. The third kappa shape index (κ3) is 4.47. The molecule has 0 aromatic heterocycles. The Balaban J connectivity index is 1.40. The van der Waals surface area contributed by atoms with Crippen molar-refractivity contribution in [2.24, 2.45) is 5.10 Å². The highest BCUT2D eigenvalue weighted by Crippen LogP contribution is 2.34. The second-order valence-electron chi connectivity index (χ2n) is 7.45. The quantitative estimate of drug-likeness (QED) is 0.739. The predicted octanol–water partition coefficient (Wildman–Crippen LogP) is 3.12. The molecule has 2 heterocycles. The molecule has 1 saturated heterocycles. The van der Waals surface area contributed by atoms with Crippen molar-refractivity contribution >= 4 is 23.2 Å². The van der Waals surface area contributed by atoms with Crippen LogP contribution in [0.2, 0.25) is 0 Å². The lowest BCUT2D eigenvalue weighted by molar-refractivity contribution is -0.127. The number of carbonyl (C=O) groups excluding carboxylic acids is 2. The lowest BCUT2D eigenvalue weighted by Gasteiger charge is -2.23. The van der Waals surface area contributed by atoms with E-state index in [0.717, 1.165) is 30.6 Å². The van der Waals surface area contributed by atoms with Gasteiger partial charge in [0.05, 0.1) is 11.7 Å². The average molecular weight is 390 g/mol. The van der Waals surface area contributed by atoms with Gasteiger partial charge in [-0.2, -0.15) is 5.10 Å². The average Bonchev–Trinajstić information content (AvgIpc) is 3.39. The lowest BCUT2D eigenvalue weighted by atomic mass is 10.0. The fourth-order valence-corrected chi connectivity index (χ4v) is 3.92. The summed E-state index contributed by atoms with van der Waals surface area (Å²) in [7, 11) is 0. The summed E-state index contributed by atoms with van der Waals surface area (Å²) in [6, 6.07) is 20.1. The molecule has 0 saturated carbocycles. The highest BCUT2D eigenvalue weighted by molar-refractivity contribution is 6.39. The van der Waals surface area contributed by atoms with Crippen LogP contribution in [0.3, 0.4) is 0 Å². The summed E-state index contributed by atoms with van der Waals surface area (Å²) in [4.78, 5) is 26.3.